The van der Waals surface area contributed by atoms with Gasteiger partial charge in [-0.1, -0.05) is 54.6 Å². The number of aryl methyl sites for hydroxylation is 1. The van der Waals surface area contributed by atoms with Gasteiger partial charge in [0, 0.05) is 12.1 Å². The Labute approximate surface area is 129 Å². The number of thiazole rings is 1. The maximum atomic E-state index is 4.86. The SMILES string of the molecule is CNCc1nc(-c2ccccc2C)sc1-c1ccccc1. The normalized spacial score (nSPS) is 10.8. The molecule has 0 saturated heterocycles. The Kier molecular flexibility index (Phi) is 4.13. The molecular formula is C18H18N2S. The van der Waals surface area contributed by atoms with E-state index in [0.717, 1.165) is 17.2 Å². The quantitative estimate of drug-likeness (QED) is 0.766. The van der Waals surface area contributed by atoms with Crippen LogP contribution >= 0.6 is 11.3 Å². The molecule has 0 atom stereocenters. The average molecular weight is 294 g/mol. The fourth-order valence-corrected chi connectivity index (χ4v) is 3.56. The van der Waals surface area contributed by atoms with Crippen LogP contribution in [0.3, 0.4) is 0 Å². The molecule has 1 N–H and O–H groups in total. The molecule has 0 spiro atoms. The van der Waals surface area contributed by atoms with E-state index in [1.807, 2.05) is 13.1 Å². The van der Waals surface area contributed by atoms with Gasteiger partial charge in [-0.25, -0.2) is 4.98 Å². The summed E-state index contributed by atoms with van der Waals surface area (Å²) in [5.41, 5.74) is 4.84. The lowest BCUT2D eigenvalue weighted by Gasteiger charge is -2.00. The minimum Gasteiger partial charge on any atom is -0.314 e. The highest BCUT2D eigenvalue weighted by atomic mass is 32.1. The topological polar surface area (TPSA) is 24.9 Å². The van der Waals surface area contributed by atoms with Crippen molar-refractivity contribution in [1.82, 2.24) is 10.3 Å². The highest BCUT2D eigenvalue weighted by Crippen LogP contribution is 2.36. The van der Waals surface area contributed by atoms with Crippen LogP contribution < -0.4 is 5.32 Å². The maximum Gasteiger partial charge on any atom is 0.124 e. The zero-order valence-corrected chi connectivity index (χ0v) is 13.1. The summed E-state index contributed by atoms with van der Waals surface area (Å²) in [6.45, 7) is 2.92. The van der Waals surface area contributed by atoms with E-state index in [4.69, 9.17) is 4.98 Å². The second-order valence-electron chi connectivity index (χ2n) is 5.01. The second kappa shape index (κ2) is 6.20. The lowest BCUT2D eigenvalue weighted by Crippen LogP contribution is -2.06. The number of nitrogens with one attached hydrogen (secondary N) is 1. The van der Waals surface area contributed by atoms with Crippen molar-refractivity contribution in [3.8, 4) is 21.0 Å². The van der Waals surface area contributed by atoms with Crippen molar-refractivity contribution in [1.29, 1.82) is 0 Å². The predicted octanol–water partition coefficient (Wildman–Crippen LogP) is 4.50. The summed E-state index contributed by atoms with van der Waals surface area (Å²) >= 11 is 1.77. The summed E-state index contributed by atoms with van der Waals surface area (Å²) in [7, 11) is 1.96. The highest BCUT2D eigenvalue weighted by molar-refractivity contribution is 7.18. The molecule has 0 fully saturated rings. The van der Waals surface area contributed by atoms with Gasteiger partial charge in [0.05, 0.1) is 10.6 Å². The van der Waals surface area contributed by atoms with Gasteiger partial charge in [0.15, 0.2) is 0 Å². The van der Waals surface area contributed by atoms with Crippen molar-refractivity contribution < 1.29 is 0 Å². The minimum absolute atomic E-state index is 0.784. The van der Waals surface area contributed by atoms with Crippen LogP contribution in [0.15, 0.2) is 54.6 Å². The van der Waals surface area contributed by atoms with E-state index in [0.29, 0.717) is 0 Å². The van der Waals surface area contributed by atoms with Crippen LogP contribution in [0.25, 0.3) is 21.0 Å². The Bertz CT molecular complexity index is 732. The molecule has 2 aromatic carbocycles. The summed E-state index contributed by atoms with van der Waals surface area (Å²) in [5, 5.41) is 4.31. The van der Waals surface area contributed by atoms with E-state index in [1.54, 1.807) is 11.3 Å². The molecule has 0 aliphatic heterocycles. The first-order valence-electron chi connectivity index (χ1n) is 7.05. The Hall–Kier alpha value is -1.97. The molecule has 0 aliphatic carbocycles. The standard InChI is InChI=1S/C18H18N2S/c1-13-8-6-7-11-15(13)18-20-16(12-19-2)17(21-18)14-9-4-3-5-10-14/h3-11,19H,12H2,1-2H3. The molecule has 0 bridgehead atoms. The average Bonchev–Trinajstić information content (AvgIpc) is 2.93. The van der Waals surface area contributed by atoms with Crippen LogP contribution in [-0.2, 0) is 6.54 Å². The third-order valence-corrected chi connectivity index (χ3v) is 4.63. The van der Waals surface area contributed by atoms with Crippen LogP contribution in [0, 0.1) is 6.92 Å². The first-order chi connectivity index (χ1) is 10.3. The van der Waals surface area contributed by atoms with Gasteiger partial charge in [0.2, 0.25) is 0 Å². The highest BCUT2D eigenvalue weighted by Gasteiger charge is 2.14. The Morgan fingerprint density at radius 2 is 1.71 bits per heavy atom. The first-order valence-corrected chi connectivity index (χ1v) is 7.87. The van der Waals surface area contributed by atoms with E-state index in [-0.39, 0.29) is 0 Å². The molecule has 0 unspecified atom stereocenters. The molecule has 3 rings (SSSR count). The van der Waals surface area contributed by atoms with E-state index < -0.39 is 0 Å². The number of hydrogen-bond donors (Lipinski definition) is 1. The molecule has 3 aromatic rings. The molecule has 2 nitrogen and oxygen atoms in total. The van der Waals surface area contributed by atoms with Gasteiger partial charge in [0.25, 0.3) is 0 Å². The molecule has 21 heavy (non-hydrogen) atoms. The molecule has 106 valence electrons. The van der Waals surface area contributed by atoms with Gasteiger partial charge < -0.3 is 5.32 Å². The summed E-state index contributed by atoms with van der Waals surface area (Å²) in [6.07, 6.45) is 0. The van der Waals surface area contributed by atoms with E-state index in [1.165, 1.54) is 21.6 Å². The lowest BCUT2D eigenvalue weighted by atomic mass is 10.1. The molecule has 1 aromatic heterocycles. The van der Waals surface area contributed by atoms with Crippen LogP contribution in [0.4, 0.5) is 0 Å². The van der Waals surface area contributed by atoms with Crippen LogP contribution in [0.1, 0.15) is 11.3 Å². The number of nitrogens with zero attached hydrogens (tertiary/aromatic N) is 1. The molecule has 3 heteroatoms. The molecule has 0 amide bonds. The van der Waals surface area contributed by atoms with Gasteiger partial charge in [-0.2, -0.15) is 0 Å². The largest absolute Gasteiger partial charge is 0.314 e. The summed E-state index contributed by atoms with van der Waals surface area (Å²) < 4.78 is 0. The molecule has 0 radical (unpaired) electrons. The molecule has 0 saturated carbocycles. The van der Waals surface area contributed by atoms with Gasteiger partial charge in [0.1, 0.15) is 5.01 Å². The van der Waals surface area contributed by atoms with Crippen molar-refractivity contribution in [3.05, 3.63) is 65.9 Å². The van der Waals surface area contributed by atoms with Crippen molar-refractivity contribution in [2.75, 3.05) is 7.05 Å². The van der Waals surface area contributed by atoms with Gasteiger partial charge in [-0.15, -0.1) is 11.3 Å². The minimum atomic E-state index is 0.784. The third-order valence-electron chi connectivity index (χ3n) is 3.45. The van der Waals surface area contributed by atoms with E-state index >= 15 is 0 Å². The number of aromatic nitrogens is 1. The maximum absolute atomic E-state index is 4.86. The zero-order valence-electron chi connectivity index (χ0n) is 12.3. The zero-order chi connectivity index (χ0) is 14.7. The number of rotatable bonds is 4. The smallest absolute Gasteiger partial charge is 0.124 e. The monoisotopic (exact) mass is 294 g/mol. The second-order valence-corrected chi connectivity index (χ2v) is 6.01. The molecular weight excluding hydrogens is 276 g/mol. The third kappa shape index (κ3) is 2.89. The van der Waals surface area contributed by atoms with Gasteiger partial charge >= 0.3 is 0 Å². The summed E-state index contributed by atoms with van der Waals surface area (Å²) in [5.74, 6) is 0. The number of benzene rings is 2. The van der Waals surface area contributed by atoms with Gasteiger partial charge in [-0.05, 0) is 25.1 Å². The van der Waals surface area contributed by atoms with E-state index in [9.17, 15) is 0 Å². The van der Waals surface area contributed by atoms with E-state index in [2.05, 4.69) is 60.8 Å². The van der Waals surface area contributed by atoms with Crippen LogP contribution in [0.2, 0.25) is 0 Å². The van der Waals surface area contributed by atoms with Crippen molar-refractivity contribution >= 4 is 11.3 Å². The fraction of sp³-hybridized carbons (Fsp3) is 0.167. The lowest BCUT2D eigenvalue weighted by molar-refractivity contribution is 0.799. The summed E-state index contributed by atoms with van der Waals surface area (Å²) in [6, 6.07) is 18.9. The number of hydrogen-bond acceptors (Lipinski definition) is 3. The fourth-order valence-electron chi connectivity index (χ4n) is 2.38. The Morgan fingerprint density at radius 1 is 1.00 bits per heavy atom. The predicted molar refractivity (Wildman–Crippen MR) is 90.5 cm³/mol. The Balaban J connectivity index is 2.11. The van der Waals surface area contributed by atoms with Crippen LogP contribution in [0.5, 0.6) is 0 Å². The van der Waals surface area contributed by atoms with Crippen molar-refractivity contribution in [3.63, 3.8) is 0 Å². The van der Waals surface area contributed by atoms with Crippen molar-refractivity contribution in [2.24, 2.45) is 0 Å². The van der Waals surface area contributed by atoms with Crippen LogP contribution in [-0.4, -0.2) is 12.0 Å². The first kappa shape index (κ1) is 14.0. The molecule has 1 heterocycles. The summed E-state index contributed by atoms with van der Waals surface area (Å²) in [4.78, 5) is 6.12. The molecule has 0 aliphatic rings. The Morgan fingerprint density at radius 3 is 2.43 bits per heavy atom. The van der Waals surface area contributed by atoms with Crippen molar-refractivity contribution in [2.45, 2.75) is 13.5 Å². The van der Waals surface area contributed by atoms with Gasteiger partial charge in [-0.3, -0.25) is 0 Å².